The van der Waals surface area contributed by atoms with Crippen molar-refractivity contribution in [2.75, 3.05) is 32.1 Å². The van der Waals surface area contributed by atoms with Crippen molar-refractivity contribution in [3.63, 3.8) is 0 Å². The molecule has 0 amide bonds. The molecule has 2 unspecified atom stereocenters. The molecule has 0 saturated carbocycles. The molecule has 0 aromatic heterocycles. The molecular weight excluding hydrogens is 204 g/mol. The summed E-state index contributed by atoms with van der Waals surface area (Å²) in [4.78, 5) is 2.02. The Morgan fingerprint density at radius 2 is 2.19 bits per heavy atom. The smallest absolute Gasteiger partial charge is 0.138 e. The van der Waals surface area contributed by atoms with E-state index in [1.54, 1.807) is 0 Å². The van der Waals surface area contributed by atoms with E-state index in [4.69, 9.17) is 4.74 Å². The van der Waals surface area contributed by atoms with Crippen molar-refractivity contribution in [2.24, 2.45) is 0 Å². The van der Waals surface area contributed by atoms with Crippen LogP contribution in [0.2, 0.25) is 0 Å². The van der Waals surface area contributed by atoms with Crippen molar-refractivity contribution in [3.05, 3.63) is 24.3 Å². The van der Waals surface area contributed by atoms with E-state index in [1.165, 1.54) is 0 Å². The van der Waals surface area contributed by atoms with Crippen LogP contribution in [0.15, 0.2) is 24.3 Å². The highest BCUT2D eigenvalue weighted by Gasteiger charge is 2.26. The zero-order valence-electron chi connectivity index (χ0n) is 9.68. The highest BCUT2D eigenvalue weighted by atomic mass is 16.5. The van der Waals surface area contributed by atoms with Gasteiger partial charge in [0.15, 0.2) is 0 Å². The zero-order chi connectivity index (χ0) is 11.5. The summed E-state index contributed by atoms with van der Waals surface area (Å²) < 4.78 is 5.74. The number of benzene rings is 1. The molecule has 1 fully saturated rings. The van der Waals surface area contributed by atoms with E-state index in [-0.39, 0.29) is 6.10 Å². The van der Waals surface area contributed by atoms with Crippen LogP contribution in [0.4, 0.5) is 5.69 Å². The lowest BCUT2D eigenvalue weighted by atomic mass is 10.2. The summed E-state index contributed by atoms with van der Waals surface area (Å²) in [6.45, 7) is 1.31. The predicted octanol–water partition coefficient (Wildman–Crippen LogP) is 0.464. The van der Waals surface area contributed by atoms with Gasteiger partial charge >= 0.3 is 0 Å². The molecule has 1 aromatic rings. The van der Waals surface area contributed by atoms with Gasteiger partial charge in [-0.05, 0) is 12.1 Å². The van der Waals surface area contributed by atoms with Crippen molar-refractivity contribution in [3.8, 4) is 5.75 Å². The minimum absolute atomic E-state index is 0.141. The van der Waals surface area contributed by atoms with Gasteiger partial charge in [0.05, 0.1) is 0 Å². The van der Waals surface area contributed by atoms with Crippen LogP contribution in [0.1, 0.15) is 0 Å². The van der Waals surface area contributed by atoms with Crippen molar-refractivity contribution < 1.29 is 9.84 Å². The molecule has 2 rings (SSSR count). The fourth-order valence-electron chi connectivity index (χ4n) is 1.77. The van der Waals surface area contributed by atoms with Gasteiger partial charge in [-0.2, -0.15) is 0 Å². The number of anilines is 1. The molecule has 1 saturated heterocycles. The van der Waals surface area contributed by atoms with E-state index in [0.717, 1.165) is 11.4 Å². The Labute approximate surface area is 95.8 Å². The minimum atomic E-state index is -0.414. The molecule has 4 nitrogen and oxygen atoms in total. The van der Waals surface area contributed by atoms with E-state index in [0.29, 0.717) is 13.1 Å². The number of ether oxygens (including phenoxy) is 1. The van der Waals surface area contributed by atoms with Crippen LogP contribution in [0.25, 0.3) is 0 Å². The monoisotopic (exact) mass is 222 g/mol. The van der Waals surface area contributed by atoms with Crippen LogP contribution in [0.3, 0.4) is 0 Å². The van der Waals surface area contributed by atoms with Gasteiger partial charge in [0.1, 0.15) is 18.0 Å². The average molecular weight is 222 g/mol. The van der Waals surface area contributed by atoms with Crippen LogP contribution >= 0.6 is 0 Å². The number of hydrogen-bond acceptors (Lipinski definition) is 4. The number of aliphatic hydroxyl groups is 1. The first kappa shape index (κ1) is 11.2. The minimum Gasteiger partial charge on any atom is -0.486 e. The van der Waals surface area contributed by atoms with Gasteiger partial charge in [0, 0.05) is 38.9 Å². The largest absolute Gasteiger partial charge is 0.486 e. The second-order valence-corrected chi connectivity index (χ2v) is 4.27. The molecular formula is C12H18N2O2. The summed E-state index contributed by atoms with van der Waals surface area (Å²) in [6, 6.07) is 7.87. The molecule has 1 aromatic carbocycles. The standard InChI is InChI=1S/C12H18N2O2/c1-14(2)9-4-3-5-10(6-9)16-12-8-13-7-11(12)15/h3-6,11-13,15H,7-8H2,1-2H3. The molecule has 88 valence electrons. The maximum atomic E-state index is 9.63. The maximum Gasteiger partial charge on any atom is 0.138 e. The molecule has 0 bridgehead atoms. The molecule has 2 N–H and O–H groups in total. The molecule has 1 aliphatic heterocycles. The van der Waals surface area contributed by atoms with Crippen molar-refractivity contribution in [1.29, 1.82) is 0 Å². The maximum absolute atomic E-state index is 9.63. The normalized spacial score (nSPS) is 24.4. The van der Waals surface area contributed by atoms with Crippen molar-refractivity contribution in [1.82, 2.24) is 5.32 Å². The summed E-state index contributed by atoms with van der Waals surface area (Å²) in [5.41, 5.74) is 1.10. The molecule has 1 heterocycles. The Hall–Kier alpha value is -1.26. The topological polar surface area (TPSA) is 44.7 Å². The Morgan fingerprint density at radius 3 is 2.81 bits per heavy atom. The summed E-state index contributed by atoms with van der Waals surface area (Å²) in [7, 11) is 3.98. The highest BCUT2D eigenvalue weighted by Crippen LogP contribution is 2.21. The van der Waals surface area contributed by atoms with Crippen LogP contribution in [0, 0.1) is 0 Å². The van der Waals surface area contributed by atoms with Crippen molar-refractivity contribution >= 4 is 5.69 Å². The fourth-order valence-corrected chi connectivity index (χ4v) is 1.77. The van der Waals surface area contributed by atoms with E-state index in [2.05, 4.69) is 5.32 Å². The zero-order valence-corrected chi connectivity index (χ0v) is 9.68. The number of hydrogen-bond donors (Lipinski definition) is 2. The Bertz CT molecular complexity index is 355. The second-order valence-electron chi connectivity index (χ2n) is 4.27. The molecule has 0 aliphatic carbocycles. The van der Waals surface area contributed by atoms with E-state index in [9.17, 15) is 5.11 Å². The van der Waals surface area contributed by atoms with E-state index in [1.807, 2.05) is 43.3 Å². The average Bonchev–Trinajstić information content (AvgIpc) is 2.65. The molecule has 0 spiro atoms. The Balaban J connectivity index is 2.06. The first-order valence-electron chi connectivity index (χ1n) is 5.49. The predicted molar refractivity (Wildman–Crippen MR) is 64.1 cm³/mol. The molecule has 2 atom stereocenters. The third-order valence-electron chi connectivity index (χ3n) is 2.75. The summed E-state index contributed by atoms with van der Waals surface area (Å²) in [6.07, 6.45) is -0.555. The van der Waals surface area contributed by atoms with Gasteiger partial charge < -0.3 is 20.1 Å². The number of rotatable bonds is 3. The van der Waals surface area contributed by atoms with Gasteiger partial charge in [-0.3, -0.25) is 0 Å². The first-order chi connectivity index (χ1) is 7.66. The highest BCUT2D eigenvalue weighted by molar-refractivity contribution is 5.49. The lowest BCUT2D eigenvalue weighted by molar-refractivity contribution is 0.0738. The fraction of sp³-hybridized carbons (Fsp3) is 0.500. The van der Waals surface area contributed by atoms with Gasteiger partial charge in [-0.15, -0.1) is 0 Å². The number of nitrogens with zero attached hydrogens (tertiary/aromatic N) is 1. The molecule has 16 heavy (non-hydrogen) atoms. The third-order valence-corrected chi connectivity index (χ3v) is 2.75. The lowest BCUT2D eigenvalue weighted by Gasteiger charge is -2.18. The molecule has 4 heteroatoms. The second kappa shape index (κ2) is 4.72. The number of β-amino-alcohol motifs (C(OH)–C–C–N with tert-alkyl or cyclic N) is 1. The first-order valence-corrected chi connectivity index (χ1v) is 5.49. The van der Waals surface area contributed by atoms with Gasteiger partial charge in [-0.1, -0.05) is 6.07 Å². The third kappa shape index (κ3) is 2.46. The van der Waals surface area contributed by atoms with Gasteiger partial charge in [-0.25, -0.2) is 0 Å². The van der Waals surface area contributed by atoms with Gasteiger partial charge in [0.25, 0.3) is 0 Å². The van der Waals surface area contributed by atoms with Crippen LogP contribution in [0.5, 0.6) is 5.75 Å². The lowest BCUT2D eigenvalue weighted by Crippen LogP contribution is -2.29. The SMILES string of the molecule is CN(C)c1cccc(OC2CNCC2O)c1. The van der Waals surface area contributed by atoms with Gasteiger partial charge in [0.2, 0.25) is 0 Å². The Kier molecular flexibility index (Phi) is 3.31. The Morgan fingerprint density at radius 1 is 1.38 bits per heavy atom. The van der Waals surface area contributed by atoms with Crippen LogP contribution in [-0.2, 0) is 0 Å². The van der Waals surface area contributed by atoms with E-state index >= 15 is 0 Å². The summed E-state index contributed by atoms with van der Waals surface area (Å²) >= 11 is 0. The molecule has 0 radical (unpaired) electrons. The number of aliphatic hydroxyl groups excluding tert-OH is 1. The van der Waals surface area contributed by atoms with E-state index < -0.39 is 6.10 Å². The quantitative estimate of drug-likeness (QED) is 0.780. The summed E-state index contributed by atoms with van der Waals surface area (Å²) in [5.74, 6) is 0.805. The van der Waals surface area contributed by atoms with Crippen molar-refractivity contribution in [2.45, 2.75) is 12.2 Å². The summed E-state index contributed by atoms with van der Waals surface area (Å²) in [5, 5.41) is 12.7. The number of nitrogens with one attached hydrogen (secondary N) is 1. The van der Waals surface area contributed by atoms with Crippen LogP contribution in [-0.4, -0.2) is 44.5 Å². The molecule has 1 aliphatic rings. The van der Waals surface area contributed by atoms with Crippen LogP contribution < -0.4 is 15.0 Å².